The second-order valence-corrected chi connectivity index (χ2v) is 4.72. The zero-order valence-corrected chi connectivity index (χ0v) is 10.5. The summed E-state index contributed by atoms with van der Waals surface area (Å²) in [4.78, 5) is 0. The van der Waals surface area contributed by atoms with Crippen molar-refractivity contribution in [1.82, 2.24) is 5.32 Å². The van der Waals surface area contributed by atoms with Crippen LogP contribution in [0.15, 0.2) is 18.2 Å². The van der Waals surface area contributed by atoms with Gasteiger partial charge in [-0.25, -0.2) is 0 Å². The monoisotopic (exact) mass is 234 g/mol. The third kappa shape index (κ3) is 3.45. The quantitative estimate of drug-likeness (QED) is 0.832. The Bertz CT molecular complexity index is 359. The first-order valence-electron chi connectivity index (χ1n) is 6.46. The van der Waals surface area contributed by atoms with Gasteiger partial charge < -0.3 is 15.8 Å². The Labute approximate surface area is 103 Å². The highest BCUT2D eigenvalue weighted by Crippen LogP contribution is 2.22. The topological polar surface area (TPSA) is 47.3 Å². The molecule has 1 aromatic rings. The van der Waals surface area contributed by atoms with Crippen LogP contribution in [0, 0.1) is 6.92 Å². The summed E-state index contributed by atoms with van der Waals surface area (Å²) in [6, 6.07) is 6.37. The molecule has 1 atom stereocenters. The summed E-state index contributed by atoms with van der Waals surface area (Å²) in [7, 11) is 0. The van der Waals surface area contributed by atoms with Crippen LogP contribution in [0.4, 0.5) is 0 Å². The average Bonchev–Trinajstić information content (AvgIpc) is 2.34. The highest BCUT2D eigenvalue weighted by Gasteiger charge is 2.15. The molecule has 1 heterocycles. The molecule has 3 nitrogen and oxygen atoms in total. The van der Waals surface area contributed by atoms with E-state index in [0.29, 0.717) is 12.6 Å². The summed E-state index contributed by atoms with van der Waals surface area (Å²) in [5, 5.41) is 3.36. The van der Waals surface area contributed by atoms with Gasteiger partial charge in [0.15, 0.2) is 0 Å². The Morgan fingerprint density at radius 2 is 2.35 bits per heavy atom. The Hall–Kier alpha value is -1.06. The molecule has 3 N–H and O–H groups in total. The first-order valence-corrected chi connectivity index (χ1v) is 6.46. The smallest absolute Gasteiger partial charge is 0.122 e. The molecule has 3 heteroatoms. The van der Waals surface area contributed by atoms with E-state index in [1.54, 1.807) is 0 Å². The third-order valence-electron chi connectivity index (χ3n) is 3.22. The number of hydrogen-bond acceptors (Lipinski definition) is 3. The molecule has 0 aliphatic carbocycles. The summed E-state index contributed by atoms with van der Waals surface area (Å²) in [5.41, 5.74) is 8.06. The van der Waals surface area contributed by atoms with Gasteiger partial charge in [0, 0.05) is 6.54 Å². The second-order valence-electron chi connectivity index (χ2n) is 4.72. The highest BCUT2D eigenvalue weighted by atomic mass is 16.5. The number of benzene rings is 1. The zero-order chi connectivity index (χ0) is 12.1. The highest BCUT2D eigenvalue weighted by molar-refractivity contribution is 5.36. The molecule has 0 amide bonds. The van der Waals surface area contributed by atoms with E-state index in [0.717, 1.165) is 31.7 Å². The van der Waals surface area contributed by atoms with Crippen molar-refractivity contribution < 1.29 is 4.74 Å². The van der Waals surface area contributed by atoms with E-state index in [-0.39, 0.29) is 0 Å². The third-order valence-corrected chi connectivity index (χ3v) is 3.22. The Morgan fingerprint density at radius 1 is 1.47 bits per heavy atom. The van der Waals surface area contributed by atoms with E-state index in [4.69, 9.17) is 10.5 Å². The van der Waals surface area contributed by atoms with Crippen molar-refractivity contribution in [3.05, 3.63) is 29.3 Å². The van der Waals surface area contributed by atoms with E-state index in [1.165, 1.54) is 17.5 Å². The maximum atomic E-state index is 6.03. The number of nitrogens with one attached hydrogen (secondary N) is 1. The number of ether oxygens (including phenoxy) is 1. The predicted octanol–water partition coefficient (Wildman–Crippen LogP) is 1.63. The van der Waals surface area contributed by atoms with Crippen LogP contribution < -0.4 is 15.8 Å². The molecule has 0 radical (unpaired) electrons. The van der Waals surface area contributed by atoms with Gasteiger partial charge >= 0.3 is 0 Å². The summed E-state index contributed by atoms with van der Waals surface area (Å²) in [6.07, 6.45) is 3.61. The lowest BCUT2D eigenvalue weighted by molar-refractivity contribution is 0.166. The molecule has 1 aromatic carbocycles. The van der Waals surface area contributed by atoms with Crippen LogP contribution in [0.25, 0.3) is 0 Å². The van der Waals surface area contributed by atoms with E-state index in [9.17, 15) is 0 Å². The lowest BCUT2D eigenvalue weighted by atomic mass is 10.1. The van der Waals surface area contributed by atoms with E-state index in [2.05, 4.69) is 30.4 Å². The van der Waals surface area contributed by atoms with Gasteiger partial charge in [-0.1, -0.05) is 12.1 Å². The minimum Gasteiger partial charge on any atom is -0.489 e. The predicted molar refractivity (Wildman–Crippen MR) is 70.5 cm³/mol. The fourth-order valence-corrected chi connectivity index (χ4v) is 2.27. The van der Waals surface area contributed by atoms with Gasteiger partial charge in [-0.05, 0) is 56.5 Å². The first kappa shape index (κ1) is 12.4. The van der Waals surface area contributed by atoms with Crippen molar-refractivity contribution in [3.63, 3.8) is 0 Å². The summed E-state index contributed by atoms with van der Waals surface area (Å²) in [6.45, 7) is 4.88. The van der Waals surface area contributed by atoms with Gasteiger partial charge in [-0.3, -0.25) is 0 Å². The number of aryl methyl sites for hydroxylation is 1. The lowest BCUT2D eigenvalue weighted by Gasteiger charge is -2.24. The minimum atomic E-state index is 0.322. The Kier molecular flexibility index (Phi) is 4.40. The fraction of sp³-hybridized carbons (Fsp3) is 0.571. The molecular formula is C14H22N2O. The largest absolute Gasteiger partial charge is 0.489 e. The van der Waals surface area contributed by atoms with Gasteiger partial charge in [0.2, 0.25) is 0 Å². The van der Waals surface area contributed by atoms with Gasteiger partial charge in [0.1, 0.15) is 11.9 Å². The Balaban J connectivity index is 2.00. The van der Waals surface area contributed by atoms with Crippen LogP contribution in [0.1, 0.15) is 24.0 Å². The van der Waals surface area contributed by atoms with Crippen LogP contribution in [0.2, 0.25) is 0 Å². The summed E-state index contributed by atoms with van der Waals surface area (Å²) >= 11 is 0. The molecule has 0 aromatic heterocycles. The lowest BCUT2D eigenvalue weighted by Crippen LogP contribution is -2.37. The minimum absolute atomic E-state index is 0.322. The first-order chi connectivity index (χ1) is 8.29. The van der Waals surface area contributed by atoms with Gasteiger partial charge in [0.05, 0.1) is 0 Å². The van der Waals surface area contributed by atoms with Gasteiger partial charge in [-0.2, -0.15) is 0 Å². The fourth-order valence-electron chi connectivity index (χ4n) is 2.27. The van der Waals surface area contributed by atoms with Gasteiger partial charge in [-0.15, -0.1) is 0 Å². The standard InChI is InChI=1S/C14H22N2O/c1-11-9-12(6-7-15)4-5-14(11)17-13-3-2-8-16-10-13/h4-5,9,13,16H,2-3,6-8,10,15H2,1H3. The van der Waals surface area contributed by atoms with Crippen LogP contribution in [-0.4, -0.2) is 25.7 Å². The molecule has 1 saturated heterocycles. The zero-order valence-electron chi connectivity index (χ0n) is 10.5. The number of nitrogens with two attached hydrogens (primary N) is 1. The maximum Gasteiger partial charge on any atom is 0.122 e. The van der Waals surface area contributed by atoms with E-state index < -0.39 is 0 Å². The van der Waals surface area contributed by atoms with E-state index in [1.807, 2.05) is 0 Å². The molecule has 0 spiro atoms. The van der Waals surface area contributed by atoms with Crippen LogP contribution in [0.5, 0.6) is 5.75 Å². The maximum absolute atomic E-state index is 6.03. The molecule has 1 fully saturated rings. The Morgan fingerprint density at radius 3 is 3.00 bits per heavy atom. The number of hydrogen-bond donors (Lipinski definition) is 2. The molecular weight excluding hydrogens is 212 g/mol. The van der Waals surface area contributed by atoms with Crippen molar-refractivity contribution in [2.24, 2.45) is 5.73 Å². The number of piperidine rings is 1. The van der Waals surface area contributed by atoms with Gasteiger partial charge in [0.25, 0.3) is 0 Å². The summed E-state index contributed by atoms with van der Waals surface area (Å²) < 4.78 is 6.03. The normalized spacial score (nSPS) is 20.2. The van der Waals surface area contributed by atoms with Crippen molar-refractivity contribution in [3.8, 4) is 5.75 Å². The second kappa shape index (κ2) is 6.03. The summed E-state index contributed by atoms with van der Waals surface area (Å²) in [5.74, 6) is 1.01. The van der Waals surface area contributed by atoms with E-state index >= 15 is 0 Å². The molecule has 2 rings (SSSR count). The van der Waals surface area contributed by atoms with Crippen molar-refractivity contribution in [2.75, 3.05) is 19.6 Å². The molecule has 0 bridgehead atoms. The van der Waals surface area contributed by atoms with Crippen LogP contribution in [0.3, 0.4) is 0 Å². The van der Waals surface area contributed by atoms with Crippen LogP contribution >= 0.6 is 0 Å². The van der Waals surface area contributed by atoms with Crippen molar-refractivity contribution in [2.45, 2.75) is 32.3 Å². The molecule has 1 aliphatic heterocycles. The molecule has 1 aliphatic rings. The van der Waals surface area contributed by atoms with Crippen molar-refractivity contribution >= 4 is 0 Å². The number of rotatable bonds is 4. The van der Waals surface area contributed by atoms with Crippen LogP contribution in [-0.2, 0) is 6.42 Å². The SMILES string of the molecule is Cc1cc(CCN)ccc1OC1CCCNC1. The molecule has 17 heavy (non-hydrogen) atoms. The van der Waals surface area contributed by atoms with Crippen molar-refractivity contribution in [1.29, 1.82) is 0 Å². The molecule has 0 saturated carbocycles. The molecule has 1 unspecified atom stereocenters. The average molecular weight is 234 g/mol. The molecule has 94 valence electrons.